The smallest absolute Gasteiger partial charge is 0.325 e. The molecule has 0 aliphatic heterocycles. The van der Waals surface area contributed by atoms with Crippen LogP contribution in [0.25, 0.3) is 0 Å². The highest BCUT2D eigenvalue weighted by Crippen LogP contribution is 2.30. The average Bonchev–Trinajstić information content (AvgIpc) is 2.30. The lowest BCUT2D eigenvalue weighted by Crippen LogP contribution is -2.30. The fraction of sp³-hybridized carbons (Fsp3) is 0.200. The molecule has 17 heavy (non-hydrogen) atoms. The van der Waals surface area contributed by atoms with Crippen molar-refractivity contribution in [3.8, 4) is 5.75 Å². The van der Waals surface area contributed by atoms with Crippen molar-refractivity contribution in [3.63, 3.8) is 0 Å². The third kappa shape index (κ3) is 3.51. The van der Waals surface area contributed by atoms with E-state index in [1.165, 1.54) is 19.2 Å². The second-order valence-corrected chi connectivity index (χ2v) is 3.89. The first-order chi connectivity index (χ1) is 7.95. The number of amides is 1. The van der Waals surface area contributed by atoms with Gasteiger partial charge in [0.05, 0.1) is 17.7 Å². The summed E-state index contributed by atoms with van der Waals surface area (Å²) in [5.74, 6) is -1.67. The molecule has 0 aliphatic carbocycles. The number of hydrogen-bond acceptors (Lipinski definition) is 4. The maximum atomic E-state index is 11.6. The van der Waals surface area contributed by atoms with Gasteiger partial charge in [-0.25, -0.2) is 0 Å². The molecule has 0 saturated carbocycles. The first kappa shape index (κ1) is 13.6. The Hall–Kier alpha value is -1.46. The zero-order valence-electron chi connectivity index (χ0n) is 8.79. The Labute approximate surface area is 107 Å². The first-order valence-electron chi connectivity index (χ1n) is 4.48. The molecule has 1 amide bonds. The van der Waals surface area contributed by atoms with Gasteiger partial charge in [-0.15, -0.1) is 0 Å². The zero-order chi connectivity index (χ0) is 13.0. The van der Waals surface area contributed by atoms with Crippen LogP contribution in [0.2, 0.25) is 10.0 Å². The van der Waals surface area contributed by atoms with E-state index in [1.807, 2.05) is 0 Å². The number of phenolic OH excluding ortho intramolecular Hbond substituents is 1. The van der Waals surface area contributed by atoms with E-state index >= 15 is 0 Å². The molecule has 0 atom stereocenters. The normalized spacial score (nSPS) is 9.82. The van der Waals surface area contributed by atoms with Crippen molar-refractivity contribution in [1.29, 1.82) is 0 Å². The van der Waals surface area contributed by atoms with Crippen molar-refractivity contribution >= 4 is 35.1 Å². The molecule has 0 bridgehead atoms. The number of ether oxygens (including phenoxy) is 1. The van der Waals surface area contributed by atoms with E-state index in [0.717, 1.165) is 0 Å². The van der Waals surface area contributed by atoms with Crippen LogP contribution in [0.15, 0.2) is 12.1 Å². The van der Waals surface area contributed by atoms with Gasteiger partial charge in [0.2, 0.25) is 0 Å². The van der Waals surface area contributed by atoms with Crippen LogP contribution in [0.1, 0.15) is 10.4 Å². The molecule has 0 heterocycles. The van der Waals surface area contributed by atoms with Crippen LogP contribution in [0.5, 0.6) is 5.75 Å². The molecule has 92 valence electrons. The van der Waals surface area contributed by atoms with Crippen LogP contribution < -0.4 is 5.32 Å². The van der Waals surface area contributed by atoms with Crippen LogP contribution in [0.3, 0.4) is 0 Å². The van der Waals surface area contributed by atoms with Crippen molar-refractivity contribution < 1.29 is 19.4 Å². The number of methoxy groups -OCH3 is 1. The van der Waals surface area contributed by atoms with Gasteiger partial charge < -0.3 is 15.2 Å². The molecule has 5 nitrogen and oxygen atoms in total. The Bertz CT molecular complexity index is 462. The molecule has 2 N–H and O–H groups in total. The predicted octanol–water partition coefficient (Wildman–Crippen LogP) is 1.60. The van der Waals surface area contributed by atoms with Crippen molar-refractivity contribution in [2.45, 2.75) is 0 Å². The molecule has 1 aromatic rings. The van der Waals surface area contributed by atoms with Crippen LogP contribution in [0, 0.1) is 0 Å². The van der Waals surface area contributed by atoms with E-state index in [1.54, 1.807) is 0 Å². The van der Waals surface area contributed by atoms with Crippen LogP contribution >= 0.6 is 23.2 Å². The van der Waals surface area contributed by atoms with Gasteiger partial charge in [-0.05, 0) is 12.1 Å². The van der Waals surface area contributed by atoms with E-state index in [9.17, 15) is 14.7 Å². The predicted molar refractivity (Wildman–Crippen MR) is 62.5 cm³/mol. The Morgan fingerprint density at radius 1 is 1.41 bits per heavy atom. The maximum Gasteiger partial charge on any atom is 0.325 e. The third-order valence-electron chi connectivity index (χ3n) is 1.89. The molecule has 0 saturated heterocycles. The van der Waals surface area contributed by atoms with Crippen LogP contribution in [-0.4, -0.2) is 30.6 Å². The molecule has 0 fully saturated rings. The molecular weight excluding hydrogens is 269 g/mol. The number of carbonyl (C=O) groups excluding carboxylic acids is 2. The highest BCUT2D eigenvalue weighted by molar-refractivity contribution is 6.36. The van der Waals surface area contributed by atoms with E-state index in [4.69, 9.17) is 23.2 Å². The molecule has 0 radical (unpaired) electrons. The Balaban J connectivity index is 2.86. The highest BCUT2D eigenvalue weighted by Gasteiger charge is 2.16. The van der Waals surface area contributed by atoms with Crippen LogP contribution in [-0.2, 0) is 9.53 Å². The Kier molecular flexibility index (Phi) is 4.60. The fourth-order valence-corrected chi connectivity index (χ4v) is 1.55. The monoisotopic (exact) mass is 277 g/mol. The number of aromatic hydroxyl groups is 1. The minimum atomic E-state index is -0.669. The molecule has 7 heteroatoms. The summed E-state index contributed by atoms with van der Waals surface area (Å²) in [6.45, 7) is -0.307. The maximum absolute atomic E-state index is 11.6. The molecule has 0 unspecified atom stereocenters. The lowest BCUT2D eigenvalue weighted by Gasteiger charge is -2.07. The number of nitrogens with one attached hydrogen (secondary N) is 1. The van der Waals surface area contributed by atoms with Gasteiger partial charge in [0, 0.05) is 5.02 Å². The summed E-state index contributed by atoms with van der Waals surface area (Å²) < 4.78 is 4.35. The van der Waals surface area contributed by atoms with Gasteiger partial charge >= 0.3 is 5.97 Å². The summed E-state index contributed by atoms with van der Waals surface area (Å²) in [7, 11) is 1.20. The third-order valence-corrected chi connectivity index (χ3v) is 2.40. The van der Waals surface area contributed by atoms with Gasteiger partial charge in [0.1, 0.15) is 12.3 Å². The van der Waals surface area contributed by atoms with E-state index in [2.05, 4.69) is 10.1 Å². The van der Waals surface area contributed by atoms with E-state index < -0.39 is 17.6 Å². The van der Waals surface area contributed by atoms with E-state index in [0.29, 0.717) is 0 Å². The zero-order valence-corrected chi connectivity index (χ0v) is 10.3. The SMILES string of the molecule is COC(=O)CNC(=O)c1cc(Cl)cc(Cl)c1O. The van der Waals surface area contributed by atoms with Crippen LogP contribution in [0.4, 0.5) is 0 Å². The lowest BCUT2D eigenvalue weighted by molar-refractivity contribution is -0.139. The number of rotatable bonds is 3. The summed E-state index contributed by atoms with van der Waals surface area (Å²) in [5, 5.41) is 12.0. The van der Waals surface area contributed by atoms with Crippen molar-refractivity contribution in [3.05, 3.63) is 27.7 Å². The topological polar surface area (TPSA) is 75.6 Å². The number of esters is 1. The minimum absolute atomic E-state index is 0.0410. The number of hydrogen-bond donors (Lipinski definition) is 2. The minimum Gasteiger partial charge on any atom is -0.506 e. The second-order valence-electron chi connectivity index (χ2n) is 3.04. The van der Waals surface area contributed by atoms with E-state index in [-0.39, 0.29) is 22.2 Å². The summed E-state index contributed by atoms with van der Waals surface area (Å²) in [4.78, 5) is 22.4. The molecular formula is C10H9Cl2NO4. The highest BCUT2D eigenvalue weighted by atomic mass is 35.5. The summed E-state index contributed by atoms with van der Waals surface area (Å²) in [6, 6.07) is 2.55. The van der Waals surface area contributed by atoms with Gasteiger partial charge in [-0.1, -0.05) is 23.2 Å². The number of phenols is 1. The van der Waals surface area contributed by atoms with Gasteiger partial charge in [-0.2, -0.15) is 0 Å². The summed E-state index contributed by atoms with van der Waals surface area (Å²) >= 11 is 11.3. The Morgan fingerprint density at radius 3 is 2.65 bits per heavy atom. The van der Waals surface area contributed by atoms with Gasteiger partial charge in [0.25, 0.3) is 5.91 Å². The number of halogens is 2. The largest absolute Gasteiger partial charge is 0.506 e. The Morgan fingerprint density at radius 2 is 2.06 bits per heavy atom. The number of benzene rings is 1. The molecule has 1 rings (SSSR count). The molecule has 1 aromatic carbocycles. The average molecular weight is 278 g/mol. The summed E-state index contributed by atoms with van der Waals surface area (Å²) in [5.41, 5.74) is -0.105. The van der Waals surface area contributed by atoms with Crippen molar-refractivity contribution in [2.24, 2.45) is 0 Å². The summed E-state index contributed by atoms with van der Waals surface area (Å²) in [6.07, 6.45) is 0. The lowest BCUT2D eigenvalue weighted by atomic mass is 10.2. The van der Waals surface area contributed by atoms with Crippen molar-refractivity contribution in [1.82, 2.24) is 5.32 Å². The quantitative estimate of drug-likeness (QED) is 0.823. The standard InChI is InChI=1S/C10H9Cl2NO4/c1-17-8(14)4-13-10(16)6-2-5(11)3-7(12)9(6)15/h2-3,15H,4H2,1H3,(H,13,16). The van der Waals surface area contributed by atoms with Gasteiger partial charge in [0.15, 0.2) is 0 Å². The van der Waals surface area contributed by atoms with Crippen molar-refractivity contribution in [2.75, 3.05) is 13.7 Å². The molecule has 0 aliphatic rings. The van der Waals surface area contributed by atoms with Gasteiger partial charge in [-0.3, -0.25) is 9.59 Å². The molecule has 0 aromatic heterocycles. The fourth-order valence-electron chi connectivity index (χ4n) is 1.06. The first-order valence-corrected chi connectivity index (χ1v) is 5.24. The molecule has 0 spiro atoms. The number of carbonyl (C=O) groups is 2. The second kappa shape index (κ2) is 5.75.